The quantitative estimate of drug-likeness (QED) is 0.498. The number of aryl methyl sites for hydroxylation is 1. The Morgan fingerprint density at radius 3 is 2.16 bits per heavy atom. The zero-order valence-corrected chi connectivity index (χ0v) is 19.2. The van der Waals surface area contributed by atoms with Crippen LogP contribution in [0.25, 0.3) is 22.2 Å². The number of benzene rings is 2. The van der Waals surface area contributed by atoms with Gasteiger partial charge in [-0.15, -0.1) is 0 Å². The standard InChI is InChI=1S/C20H20N2O2.C5H11NO/c1-4-11-22-19-12-16(24-3)9-10-17(19)18(13-21)20(22)14-5-7-15(23-2)8-6-14;1-5(2)6(3)4-7/h5-10,12H,4,11H2,1-3H3;4-5H,1-3H3. The second-order valence-corrected chi connectivity index (χ2v) is 7.46. The molecule has 1 aromatic heterocycles. The van der Waals surface area contributed by atoms with Crippen LogP contribution >= 0.6 is 0 Å². The van der Waals surface area contributed by atoms with Crippen LogP contribution in [-0.2, 0) is 11.3 Å². The number of rotatable bonds is 7. The van der Waals surface area contributed by atoms with Gasteiger partial charge in [-0.2, -0.15) is 5.26 Å². The summed E-state index contributed by atoms with van der Waals surface area (Å²) in [7, 11) is 5.07. The number of carbonyl (C=O) groups excluding carboxylic acids is 1. The fourth-order valence-electron chi connectivity index (χ4n) is 3.20. The molecule has 0 bridgehead atoms. The highest BCUT2D eigenvalue weighted by Gasteiger charge is 2.18. The molecule has 164 valence electrons. The number of amides is 1. The van der Waals surface area contributed by atoms with Crippen LogP contribution in [0.2, 0.25) is 0 Å². The fourth-order valence-corrected chi connectivity index (χ4v) is 3.20. The number of nitrogens with zero attached hydrogens (tertiary/aromatic N) is 3. The normalized spacial score (nSPS) is 10.3. The van der Waals surface area contributed by atoms with E-state index in [1.54, 1.807) is 26.2 Å². The molecule has 0 spiro atoms. The maximum Gasteiger partial charge on any atom is 0.209 e. The van der Waals surface area contributed by atoms with Crippen molar-refractivity contribution in [2.24, 2.45) is 0 Å². The third-order valence-corrected chi connectivity index (χ3v) is 5.18. The van der Waals surface area contributed by atoms with Crippen LogP contribution in [0, 0.1) is 11.3 Å². The maximum atomic E-state index is 9.87. The molecule has 0 atom stereocenters. The van der Waals surface area contributed by atoms with Gasteiger partial charge in [0.15, 0.2) is 0 Å². The summed E-state index contributed by atoms with van der Waals surface area (Å²) in [5.41, 5.74) is 3.69. The molecule has 0 N–H and O–H groups in total. The minimum absolute atomic E-state index is 0.331. The van der Waals surface area contributed by atoms with Crippen molar-refractivity contribution in [3.05, 3.63) is 48.0 Å². The summed E-state index contributed by atoms with van der Waals surface area (Å²) < 4.78 is 12.8. The van der Waals surface area contributed by atoms with E-state index in [1.165, 1.54) is 0 Å². The van der Waals surface area contributed by atoms with Crippen molar-refractivity contribution in [2.45, 2.75) is 39.8 Å². The fraction of sp³-hybridized carbons (Fsp3) is 0.360. The number of aromatic nitrogens is 1. The average Bonchev–Trinajstić information content (AvgIpc) is 3.11. The number of hydrogen-bond acceptors (Lipinski definition) is 4. The van der Waals surface area contributed by atoms with Gasteiger partial charge in [-0.25, -0.2) is 0 Å². The van der Waals surface area contributed by atoms with Gasteiger partial charge in [0.25, 0.3) is 0 Å². The molecule has 0 saturated carbocycles. The molecule has 0 radical (unpaired) electrons. The topological polar surface area (TPSA) is 67.5 Å². The van der Waals surface area contributed by atoms with Crippen LogP contribution in [0.5, 0.6) is 11.5 Å². The lowest BCUT2D eigenvalue weighted by molar-refractivity contribution is -0.118. The number of fused-ring (bicyclic) bond motifs is 1. The van der Waals surface area contributed by atoms with Gasteiger partial charge in [-0.05, 0) is 62.2 Å². The molecule has 0 unspecified atom stereocenters. The molecule has 3 rings (SSSR count). The lowest BCUT2D eigenvalue weighted by Crippen LogP contribution is -2.23. The summed E-state index contributed by atoms with van der Waals surface area (Å²) in [5, 5.41) is 10.7. The van der Waals surface area contributed by atoms with E-state index in [9.17, 15) is 10.1 Å². The van der Waals surface area contributed by atoms with Crippen molar-refractivity contribution in [1.82, 2.24) is 9.47 Å². The van der Waals surface area contributed by atoms with E-state index in [2.05, 4.69) is 17.6 Å². The Balaban J connectivity index is 0.000000423. The van der Waals surface area contributed by atoms with Gasteiger partial charge in [0, 0.05) is 31.1 Å². The van der Waals surface area contributed by atoms with Crippen LogP contribution in [0.15, 0.2) is 42.5 Å². The number of ether oxygens (including phenoxy) is 2. The van der Waals surface area contributed by atoms with Gasteiger partial charge >= 0.3 is 0 Å². The van der Waals surface area contributed by atoms with Gasteiger partial charge in [-0.1, -0.05) is 6.92 Å². The number of nitriles is 1. The first kappa shape index (κ1) is 23.8. The van der Waals surface area contributed by atoms with E-state index >= 15 is 0 Å². The molecule has 1 amide bonds. The van der Waals surface area contributed by atoms with Crippen molar-refractivity contribution in [3.8, 4) is 28.8 Å². The second kappa shape index (κ2) is 11.1. The number of carbonyl (C=O) groups is 1. The van der Waals surface area contributed by atoms with Crippen LogP contribution < -0.4 is 9.47 Å². The monoisotopic (exact) mass is 421 g/mol. The van der Waals surface area contributed by atoms with E-state index in [-0.39, 0.29) is 0 Å². The Hall–Kier alpha value is -3.46. The Morgan fingerprint density at radius 1 is 1.10 bits per heavy atom. The average molecular weight is 422 g/mol. The first-order valence-electron chi connectivity index (χ1n) is 10.3. The summed E-state index contributed by atoms with van der Waals surface area (Å²) in [6.45, 7) is 6.91. The molecule has 3 aromatic rings. The molecular formula is C25H31N3O3. The van der Waals surface area contributed by atoms with E-state index in [0.717, 1.165) is 53.0 Å². The molecule has 6 nitrogen and oxygen atoms in total. The third kappa shape index (κ3) is 5.37. The molecule has 0 fully saturated rings. The molecule has 6 heteroatoms. The van der Waals surface area contributed by atoms with Gasteiger partial charge in [0.05, 0.1) is 31.0 Å². The highest BCUT2D eigenvalue weighted by molar-refractivity contribution is 5.95. The van der Waals surface area contributed by atoms with E-state index in [4.69, 9.17) is 9.47 Å². The van der Waals surface area contributed by atoms with E-state index < -0.39 is 0 Å². The van der Waals surface area contributed by atoms with Crippen molar-refractivity contribution >= 4 is 17.3 Å². The molecule has 1 heterocycles. The summed E-state index contributed by atoms with van der Waals surface area (Å²) in [6, 6.07) is 16.4. The predicted molar refractivity (Wildman–Crippen MR) is 124 cm³/mol. The highest BCUT2D eigenvalue weighted by Crippen LogP contribution is 2.36. The molecular weight excluding hydrogens is 390 g/mol. The molecule has 0 aliphatic rings. The van der Waals surface area contributed by atoms with Gasteiger partial charge in [0.2, 0.25) is 6.41 Å². The first-order valence-corrected chi connectivity index (χ1v) is 10.3. The van der Waals surface area contributed by atoms with Crippen LogP contribution in [0.4, 0.5) is 0 Å². The zero-order chi connectivity index (χ0) is 23.0. The SMILES string of the molecule is CC(C)N(C)C=O.CCCn1c(-c2ccc(OC)cc2)c(C#N)c2ccc(OC)cc21. The Bertz CT molecular complexity index is 1050. The van der Waals surface area contributed by atoms with Gasteiger partial charge < -0.3 is 18.9 Å². The maximum absolute atomic E-state index is 9.87. The molecule has 0 saturated heterocycles. The summed E-state index contributed by atoms with van der Waals surface area (Å²) >= 11 is 0. The van der Waals surface area contributed by atoms with Gasteiger partial charge in [-0.3, -0.25) is 4.79 Å². The lowest BCUT2D eigenvalue weighted by atomic mass is 10.1. The first-order chi connectivity index (χ1) is 14.9. The minimum Gasteiger partial charge on any atom is -0.497 e. The van der Waals surface area contributed by atoms with E-state index in [0.29, 0.717) is 11.6 Å². The van der Waals surface area contributed by atoms with Crippen molar-refractivity contribution in [1.29, 1.82) is 5.26 Å². The largest absolute Gasteiger partial charge is 0.497 e. The molecule has 0 aliphatic heterocycles. The summed E-state index contributed by atoms with van der Waals surface area (Å²) in [6.07, 6.45) is 1.81. The van der Waals surface area contributed by atoms with Gasteiger partial charge in [0.1, 0.15) is 17.6 Å². The van der Waals surface area contributed by atoms with Crippen molar-refractivity contribution < 1.29 is 14.3 Å². The number of hydrogen-bond donors (Lipinski definition) is 0. The van der Waals surface area contributed by atoms with Crippen molar-refractivity contribution in [3.63, 3.8) is 0 Å². The highest BCUT2D eigenvalue weighted by atomic mass is 16.5. The summed E-state index contributed by atoms with van der Waals surface area (Å²) in [4.78, 5) is 11.5. The van der Waals surface area contributed by atoms with Crippen LogP contribution in [0.3, 0.4) is 0 Å². The molecule has 2 aromatic carbocycles. The third-order valence-electron chi connectivity index (χ3n) is 5.18. The lowest BCUT2D eigenvalue weighted by Gasteiger charge is -2.13. The van der Waals surface area contributed by atoms with E-state index in [1.807, 2.05) is 56.3 Å². The predicted octanol–water partition coefficient (Wildman–Crippen LogP) is 5.09. The smallest absolute Gasteiger partial charge is 0.209 e. The van der Waals surface area contributed by atoms with Crippen LogP contribution in [0.1, 0.15) is 32.8 Å². The zero-order valence-electron chi connectivity index (χ0n) is 19.2. The second-order valence-electron chi connectivity index (χ2n) is 7.46. The molecule has 31 heavy (non-hydrogen) atoms. The Kier molecular flexibility index (Phi) is 8.51. The summed E-state index contributed by atoms with van der Waals surface area (Å²) in [5.74, 6) is 1.60. The van der Waals surface area contributed by atoms with Crippen molar-refractivity contribution in [2.75, 3.05) is 21.3 Å². The number of methoxy groups -OCH3 is 2. The minimum atomic E-state index is 0.331. The molecule has 0 aliphatic carbocycles. The Labute approximate surface area is 184 Å². The Morgan fingerprint density at radius 2 is 1.71 bits per heavy atom. The van der Waals surface area contributed by atoms with Crippen LogP contribution in [-0.4, -0.2) is 43.2 Å².